The van der Waals surface area contributed by atoms with E-state index < -0.39 is 27.5 Å². The third kappa shape index (κ3) is 6.55. The Bertz CT molecular complexity index is 1230. The molecule has 11 nitrogen and oxygen atoms in total. The van der Waals surface area contributed by atoms with Gasteiger partial charge in [0.15, 0.2) is 6.61 Å². The van der Waals surface area contributed by atoms with E-state index in [0.717, 1.165) is 11.0 Å². The molecule has 3 aromatic rings. The van der Waals surface area contributed by atoms with Gasteiger partial charge in [0.1, 0.15) is 6.54 Å². The number of benzene rings is 2. The second kappa shape index (κ2) is 9.94. The number of aryl methyl sites for hydroxylation is 1. The predicted molar refractivity (Wildman–Crippen MR) is 113 cm³/mol. The number of sulfonamides is 1. The summed E-state index contributed by atoms with van der Waals surface area (Å²) in [5.74, 6) is -0.769. The number of rotatable bonds is 9. The maximum Gasteiger partial charge on any atom is 0.321 e. The third-order valence-corrected chi connectivity index (χ3v) is 5.12. The highest BCUT2D eigenvalue weighted by Crippen LogP contribution is 2.21. The monoisotopic (exact) mass is 458 g/mol. The van der Waals surface area contributed by atoms with Crippen LogP contribution < -0.4 is 4.72 Å². The maximum atomic E-state index is 12.0. The zero-order chi connectivity index (χ0) is 23.1. The van der Waals surface area contributed by atoms with E-state index in [2.05, 4.69) is 14.9 Å². The third-order valence-electron chi connectivity index (χ3n) is 4.08. The number of hydrogen-bond acceptors (Lipinski definition) is 9. The van der Waals surface area contributed by atoms with Crippen LogP contribution in [0.5, 0.6) is 0 Å². The van der Waals surface area contributed by atoms with Gasteiger partial charge in [0.25, 0.3) is 11.6 Å². The number of esters is 1. The summed E-state index contributed by atoms with van der Waals surface area (Å²) in [5, 5.41) is 19.2. The molecule has 166 valence electrons. The molecule has 0 bridgehead atoms. The van der Waals surface area contributed by atoms with Gasteiger partial charge < -0.3 is 9.15 Å². The second-order valence-electron chi connectivity index (χ2n) is 6.55. The molecule has 0 saturated carbocycles. The van der Waals surface area contributed by atoms with Gasteiger partial charge in [-0.1, -0.05) is 29.8 Å². The lowest BCUT2D eigenvalue weighted by Crippen LogP contribution is -2.29. The number of ether oxygens (including phenoxy) is 1. The van der Waals surface area contributed by atoms with Gasteiger partial charge in [-0.15, -0.1) is 10.2 Å². The van der Waals surface area contributed by atoms with Crippen LogP contribution in [0.25, 0.3) is 17.5 Å². The first kappa shape index (κ1) is 22.8. The van der Waals surface area contributed by atoms with Crippen LogP contribution in [-0.4, -0.2) is 36.1 Å². The predicted octanol–water partition coefficient (Wildman–Crippen LogP) is 2.59. The van der Waals surface area contributed by atoms with Crippen LogP contribution in [0.3, 0.4) is 0 Å². The fourth-order valence-electron chi connectivity index (χ4n) is 2.40. The maximum absolute atomic E-state index is 12.0. The van der Waals surface area contributed by atoms with Gasteiger partial charge in [-0.25, -0.2) is 13.1 Å². The van der Waals surface area contributed by atoms with E-state index in [0.29, 0.717) is 11.1 Å². The highest BCUT2D eigenvalue weighted by atomic mass is 32.2. The molecular weight excluding hydrogens is 440 g/mol. The molecule has 0 amide bonds. The van der Waals surface area contributed by atoms with Crippen molar-refractivity contribution in [1.29, 1.82) is 0 Å². The molecule has 0 radical (unpaired) electrons. The van der Waals surface area contributed by atoms with Crippen molar-refractivity contribution in [2.45, 2.75) is 13.5 Å². The molecule has 32 heavy (non-hydrogen) atoms. The van der Waals surface area contributed by atoms with E-state index in [1.54, 1.807) is 12.1 Å². The lowest BCUT2D eigenvalue weighted by atomic mass is 10.2. The molecule has 1 heterocycles. The fourth-order valence-corrected chi connectivity index (χ4v) is 3.15. The van der Waals surface area contributed by atoms with E-state index in [1.165, 1.54) is 30.3 Å². The van der Waals surface area contributed by atoms with Gasteiger partial charge in [-0.05, 0) is 30.7 Å². The van der Waals surface area contributed by atoms with Crippen molar-refractivity contribution in [3.8, 4) is 11.5 Å². The van der Waals surface area contributed by atoms with Gasteiger partial charge in [0.05, 0.1) is 4.92 Å². The van der Waals surface area contributed by atoms with Crippen molar-refractivity contribution < 1.29 is 27.3 Å². The van der Waals surface area contributed by atoms with Gasteiger partial charge >= 0.3 is 5.97 Å². The smallest absolute Gasteiger partial charge is 0.321 e. The first-order valence-electron chi connectivity index (χ1n) is 9.19. The number of aromatic nitrogens is 2. The average Bonchev–Trinajstić information content (AvgIpc) is 3.25. The number of carbonyl (C=O) groups is 1. The molecule has 1 N–H and O–H groups in total. The van der Waals surface area contributed by atoms with Gasteiger partial charge in [-0.3, -0.25) is 14.9 Å². The molecule has 0 aliphatic carbocycles. The Labute approximate surface area is 182 Å². The minimum Gasteiger partial charge on any atom is -0.455 e. The van der Waals surface area contributed by atoms with Crippen molar-refractivity contribution in [3.05, 3.63) is 81.1 Å². The highest BCUT2D eigenvalue weighted by Gasteiger charge is 2.14. The standard InChI is InChI=1S/C20H18N4O7S/c1-14-2-4-15(5-3-14)10-11-32(28,29)21-12-19(25)30-13-18-22-23-20(31-18)16-6-8-17(9-7-16)24(26)27/h2-11,21H,12-13H2,1H3. The van der Waals surface area contributed by atoms with Crippen LogP contribution in [0.4, 0.5) is 5.69 Å². The normalized spacial score (nSPS) is 11.5. The zero-order valence-electron chi connectivity index (χ0n) is 16.8. The Hall–Kier alpha value is -3.90. The van der Waals surface area contributed by atoms with Crippen molar-refractivity contribution in [2.24, 2.45) is 0 Å². The summed E-state index contributed by atoms with van der Waals surface area (Å²) in [7, 11) is -3.84. The molecule has 0 aliphatic heterocycles. The fraction of sp³-hybridized carbons (Fsp3) is 0.150. The Kier molecular flexibility index (Phi) is 7.07. The quantitative estimate of drug-likeness (QED) is 0.289. The van der Waals surface area contributed by atoms with Crippen LogP contribution >= 0.6 is 0 Å². The van der Waals surface area contributed by atoms with Crippen molar-refractivity contribution in [3.63, 3.8) is 0 Å². The first-order valence-corrected chi connectivity index (χ1v) is 10.7. The van der Waals surface area contributed by atoms with Crippen LogP contribution in [0, 0.1) is 17.0 Å². The number of nitro groups is 1. The number of nitro benzene ring substituents is 1. The Morgan fingerprint density at radius 1 is 1.16 bits per heavy atom. The molecule has 12 heteroatoms. The van der Waals surface area contributed by atoms with Crippen LogP contribution in [0.15, 0.2) is 58.4 Å². The van der Waals surface area contributed by atoms with Gasteiger partial charge in [-0.2, -0.15) is 0 Å². The largest absolute Gasteiger partial charge is 0.455 e. The Morgan fingerprint density at radius 3 is 2.50 bits per heavy atom. The molecule has 0 saturated heterocycles. The Balaban J connectivity index is 1.48. The number of hydrogen-bond donors (Lipinski definition) is 1. The number of nitrogens with one attached hydrogen (secondary N) is 1. The molecule has 0 aliphatic rings. The molecule has 1 aromatic heterocycles. The molecule has 3 rings (SSSR count). The summed E-state index contributed by atoms with van der Waals surface area (Å²) in [6.45, 7) is 0.978. The summed E-state index contributed by atoms with van der Waals surface area (Å²) in [5.41, 5.74) is 2.11. The minimum absolute atomic E-state index is 0.0196. The SMILES string of the molecule is Cc1ccc(C=CS(=O)(=O)NCC(=O)OCc2nnc(-c3ccc([N+](=O)[O-])cc3)o2)cc1. The molecule has 0 spiro atoms. The van der Waals surface area contributed by atoms with Crippen molar-refractivity contribution in [1.82, 2.24) is 14.9 Å². The molecular formula is C20H18N4O7S. The van der Waals surface area contributed by atoms with E-state index in [-0.39, 0.29) is 24.1 Å². The van der Waals surface area contributed by atoms with E-state index >= 15 is 0 Å². The summed E-state index contributed by atoms with van der Waals surface area (Å²) in [4.78, 5) is 22.0. The number of nitrogens with zero attached hydrogens (tertiary/aromatic N) is 3. The summed E-state index contributed by atoms with van der Waals surface area (Å²) in [6, 6.07) is 12.7. The Morgan fingerprint density at radius 2 is 1.84 bits per heavy atom. The lowest BCUT2D eigenvalue weighted by molar-refractivity contribution is -0.384. The molecule has 0 unspecified atom stereocenters. The average molecular weight is 458 g/mol. The lowest BCUT2D eigenvalue weighted by Gasteiger charge is -2.03. The van der Waals surface area contributed by atoms with Crippen molar-refractivity contribution >= 4 is 27.8 Å². The molecule has 0 fully saturated rings. The summed E-state index contributed by atoms with van der Waals surface area (Å²) in [6.07, 6.45) is 1.41. The second-order valence-corrected chi connectivity index (χ2v) is 8.20. The number of carbonyl (C=O) groups excluding carboxylic acids is 1. The molecule has 2 aromatic carbocycles. The van der Waals surface area contributed by atoms with E-state index in [4.69, 9.17) is 9.15 Å². The first-order chi connectivity index (χ1) is 15.2. The van der Waals surface area contributed by atoms with Gasteiger partial charge in [0.2, 0.25) is 15.9 Å². The zero-order valence-corrected chi connectivity index (χ0v) is 17.6. The van der Waals surface area contributed by atoms with Crippen LogP contribution in [-0.2, 0) is 26.2 Å². The van der Waals surface area contributed by atoms with E-state index in [9.17, 15) is 23.3 Å². The minimum atomic E-state index is -3.84. The van der Waals surface area contributed by atoms with Crippen LogP contribution in [0.1, 0.15) is 17.0 Å². The number of non-ortho nitro benzene ring substituents is 1. The van der Waals surface area contributed by atoms with Crippen molar-refractivity contribution in [2.75, 3.05) is 6.54 Å². The summed E-state index contributed by atoms with van der Waals surface area (Å²) < 4.78 is 36.4. The topological polar surface area (TPSA) is 155 Å². The van der Waals surface area contributed by atoms with Crippen LogP contribution in [0.2, 0.25) is 0 Å². The molecule has 0 atom stereocenters. The summed E-state index contributed by atoms with van der Waals surface area (Å²) >= 11 is 0. The van der Waals surface area contributed by atoms with Gasteiger partial charge in [0, 0.05) is 23.1 Å². The highest BCUT2D eigenvalue weighted by molar-refractivity contribution is 7.92. The van der Waals surface area contributed by atoms with E-state index in [1.807, 2.05) is 19.1 Å².